The summed E-state index contributed by atoms with van der Waals surface area (Å²) in [4.78, 5) is 13.7. The molecule has 4 heteroatoms. The molecule has 2 N–H and O–H groups in total. The van der Waals surface area contributed by atoms with Gasteiger partial charge in [-0.15, -0.1) is 0 Å². The van der Waals surface area contributed by atoms with Crippen LogP contribution in [0.4, 0.5) is 0 Å². The highest BCUT2D eigenvalue weighted by Crippen LogP contribution is 2.40. The highest BCUT2D eigenvalue weighted by Gasteiger charge is 2.49. The molecule has 1 aliphatic heterocycles. The van der Waals surface area contributed by atoms with Gasteiger partial charge in [0.15, 0.2) is 0 Å². The summed E-state index contributed by atoms with van der Waals surface area (Å²) < 4.78 is 0. The highest BCUT2D eigenvalue weighted by molar-refractivity contribution is 5.85. The number of likely N-dealkylation sites (N-methyl/N-ethyl adjacent to an activating group) is 1. The smallest absolute Gasteiger partial charge is 0.252 e. The van der Waals surface area contributed by atoms with Crippen molar-refractivity contribution >= 4 is 5.91 Å². The van der Waals surface area contributed by atoms with E-state index in [1.807, 2.05) is 60.7 Å². The number of carbonyl (C=O) groups excluding carboxylic acids is 1. The first-order chi connectivity index (χ1) is 10.6. The van der Waals surface area contributed by atoms with Crippen molar-refractivity contribution in [2.45, 2.75) is 24.2 Å². The van der Waals surface area contributed by atoms with Crippen molar-refractivity contribution in [2.24, 2.45) is 0 Å². The maximum atomic E-state index is 12.2. The summed E-state index contributed by atoms with van der Waals surface area (Å²) in [5.74, 6) is -0.803. The fourth-order valence-corrected chi connectivity index (χ4v) is 3.25. The number of likely N-dealkylation sites (tertiary alicyclic amines) is 1. The molecule has 22 heavy (non-hydrogen) atoms. The minimum atomic E-state index is -1.13. The summed E-state index contributed by atoms with van der Waals surface area (Å²) in [6.07, 6.45) is -1.98. The van der Waals surface area contributed by atoms with Crippen LogP contribution < -0.4 is 0 Å². The second-order valence-electron chi connectivity index (χ2n) is 5.68. The third kappa shape index (κ3) is 2.40. The van der Waals surface area contributed by atoms with Crippen LogP contribution in [0.15, 0.2) is 60.7 Å². The molecule has 1 saturated heterocycles. The number of rotatable bonds is 3. The summed E-state index contributed by atoms with van der Waals surface area (Å²) in [6, 6.07) is 18.1. The van der Waals surface area contributed by atoms with E-state index >= 15 is 0 Å². The van der Waals surface area contributed by atoms with Crippen LogP contribution in [0.1, 0.15) is 23.1 Å². The number of nitrogens with zero attached hydrogens (tertiary/aromatic N) is 1. The number of benzene rings is 2. The van der Waals surface area contributed by atoms with E-state index in [-0.39, 0.29) is 5.91 Å². The second kappa shape index (κ2) is 5.91. The van der Waals surface area contributed by atoms with Crippen molar-refractivity contribution < 1.29 is 15.0 Å². The number of amides is 1. The van der Waals surface area contributed by atoms with Gasteiger partial charge in [-0.05, 0) is 11.1 Å². The zero-order valence-electron chi connectivity index (χ0n) is 12.3. The number of hydrogen-bond donors (Lipinski definition) is 2. The van der Waals surface area contributed by atoms with Gasteiger partial charge in [0.05, 0.1) is 6.04 Å². The Kier molecular flexibility index (Phi) is 3.96. The molecule has 1 aliphatic rings. The van der Waals surface area contributed by atoms with E-state index in [0.29, 0.717) is 0 Å². The van der Waals surface area contributed by atoms with E-state index in [9.17, 15) is 15.0 Å². The minimum absolute atomic E-state index is 0.353. The maximum Gasteiger partial charge on any atom is 0.252 e. The molecule has 4 atom stereocenters. The molecular formula is C18H19NO3. The normalized spacial score (nSPS) is 26.2. The van der Waals surface area contributed by atoms with Crippen molar-refractivity contribution in [3.8, 4) is 0 Å². The quantitative estimate of drug-likeness (QED) is 0.906. The van der Waals surface area contributed by atoms with Crippen molar-refractivity contribution in [1.29, 1.82) is 0 Å². The highest BCUT2D eigenvalue weighted by atomic mass is 16.3. The van der Waals surface area contributed by atoms with Crippen LogP contribution >= 0.6 is 0 Å². The first-order valence-electron chi connectivity index (χ1n) is 7.34. The zero-order chi connectivity index (χ0) is 15.7. The topological polar surface area (TPSA) is 60.8 Å². The van der Waals surface area contributed by atoms with E-state index < -0.39 is 24.2 Å². The standard InChI is InChI=1S/C18H19NO3/c1-19-15(16(20)13-10-6-3-7-11-13)14(17(21)18(19)22)12-8-4-2-5-9-12/h2-11,14-17,20-21H,1H3/t14-,15?,16?,17?/m1/s1. The largest absolute Gasteiger partial charge is 0.386 e. The average molecular weight is 297 g/mol. The van der Waals surface area contributed by atoms with Gasteiger partial charge in [-0.2, -0.15) is 0 Å². The van der Waals surface area contributed by atoms with Crippen LogP contribution in [0.2, 0.25) is 0 Å². The molecule has 1 fully saturated rings. The van der Waals surface area contributed by atoms with Gasteiger partial charge in [0.2, 0.25) is 0 Å². The Morgan fingerprint density at radius 1 is 1.00 bits per heavy atom. The van der Waals surface area contributed by atoms with Crippen LogP contribution in [0, 0.1) is 0 Å². The fourth-order valence-electron chi connectivity index (χ4n) is 3.25. The van der Waals surface area contributed by atoms with Gasteiger partial charge in [-0.1, -0.05) is 60.7 Å². The SMILES string of the molecule is CN1C(=O)C(O)[C@H](c2ccccc2)C1C(O)c1ccccc1. The molecule has 1 amide bonds. The lowest BCUT2D eigenvalue weighted by molar-refractivity contribution is -0.135. The third-order valence-electron chi connectivity index (χ3n) is 4.41. The molecule has 1 heterocycles. The fraction of sp³-hybridized carbons (Fsp3) is 0.278. The Bertz CT molecular complexity index is 644. The molecule has 2 aromatic rings. The van der Waals surface area contributed by atoms with E-state index in [0.717, 1.165) is 11.1 Å². The average Bonchev–Trinajstić information content (AvgIpc) is 2.80. The van der Waals surface area contributed by atoms with E-state index in [2.05, 4.69) is 0 Å². The van der Waals surface area contributed by atoms with Gasteiger partial charge >= 0.3 is 0 Å². The van der Waals surface area contributed by atoms with E-state index in [4.69, 9.17) is 0 Å². The molecule has 0 bridgehead atoms. The first kappa shape index (κ1) is 14.8. The predicted molar refractivity (Wildman–Crippen MR) is 83.1 cm³/mol. The summed E-state index contributed by atoms with van der Waals surface area (Å²) in [5, 5.41) is 21.1. The van der Waals surface area contributed by atoms with Crippen LogP contribution in [0.5, 0.6) is 0 Å². The van der Waals surface area contributed by atoms with Crippen LogP contribution in [0.25, 0.3) is 0 Å². The zero-order valence-corrected chi connectivity index (χ0v) is 12.3. The van der Waals surface area contributed by atoms with Crippen molar-refractivity contribution in [3.05, 3.63) is 71.8 Å². The Morgan fingerprint density at radius 3 is 2.14 bits per heavy atom. The van der Waals surface area contributed by atoms with Gasteiger partial charge < -0.3 is 15.1 Å². The Hall–Kier alpha value is -2.17. The Morgan fingerprint density at radius 2 is 1.55 bits per heavy atom. The van der Waals surface area contributed by atoms with Gasteiger partial charge in [0.25, 0.3) is 5.91 Å². The van der Waals surface area contributed by atoms with Crippen molar-refractivity contribution in [1.82, 2.24) is 4.90 Å². The lowest BCUT2D eigenvalue weighted by Gasteiger charge is -2.30. The number of hydrogen-bond acceptors (Lipinski definition) is 3. The molecule has 0 aliphatic carbocycles. The second-order valence-corrected chi connectivity index (χ2v) is 5.68. The minimum Gasteiger partial charge on any atom is -0.386 e. The molecule has 0 radical (unpaired) electrons. The van der Waals surface area contributed by atoms with Gasteiger partial charge in [0, 0.05) is 13.0 Å². The lowest BCUT2D eigenvalue weighted by Crippen LogP contribution is -2.36. The number of aliphatic hydroxyl groups is 2. The van der Waals surface area contributed by atoms with Crippen LogP contribution in [-0.2, 0) is 4.79 Å². The number of aliphatic hydroxyl groups excluding tert-OH is 2. The summed E-state index contributed by atoms with van der Waals surface area (Å²) >= 11 is 0. The van der Waals surface area contributed by atoms with E-state index in [1.165, 1.54) is 4.90 Å². The molecule has 0 saturated carbocycles. The molecule has 4 nitrogen and oxygen atoms in total. The molecular weight excluding hydrogens is 278 g/mol. The van der Waals surface area contributed by atoms with Crippen molar-refractivity contribution in [3.63, 3.8) is 0 Å². The lowest BCUT2D eigenvalue weighted by atomic mass is 9.85. The Labute approximate surface area is 129 Å². The van der Waals surface area contributed by atoms with Gasteiger partial charge in [-0.25, -0.2) is 0 Å². The van der Waals surface area contributed by atoms with E-state index in [1.54, 1.807) is 7.05 Å². The predicted octanol–water partition coefficient (Wildman–Crippen LogP) is 1.71. The summed E-state index contributed by atoms with van der Waals surface area (Å²) in [5.41, 5.74) is 1.59. The first-order valence-corrected chi connectivity index (χ1v) is 7.34. The van der Waals surface area contributed by atoms with Crippen LogP contribution in [0.3, 0.4) is 0 Å². The number of carbonyl (C=O) groups is 1. The van der Waals surface area contributed by atoms with Crippen molar-refractivity contribution in [2.75, 3.05) is 7.05 Å². The summed E-state index contributed by atoms with van der Waals surface area (Å²) in [7, 11) is 1.63. The third-order valence-corrected chi connectivity index (χ3v) is 4.41. The maximum absolute atomic E-state index is 12.2. The van der Waals surface area contributed by atoms with Gasteiger partial charge in [-0.3, -0.25) is 4.79 Å². The Balaban J connectivity index is 2.01. The van der Waals surface area contributed by atoms with Crippen LogP contribution in [-0.4, -0.2) is 40.2 Å². The molecule has 3 rings (SSSR count). The molecule has 3 unspecified atom stereocenters. The molecule has 0 aromatic heterocycles. The molecule has 0 spiro atoms. The monoisotopic (exact) mass is 297 g/mol. The molecule has 2 aromatic carbocycles. The molecule has 114 valence electrons. The van der Waals surface area contributed by atoms with Gasteiger partial charge in [0.1, 0.15) is 12.2 Å². The summed E-state index contributed by atoms with van der Waals surface area (Å²) in [6.45, 7) is 0.